The molecule has 0 radical (unpaired) electrons. The van der Waals surface area contributed by atoms with Gasteiger partial charge >= 0.3 is 0 Å². The zero-order valence-electron chi connectivity index (χ0n) is 13.7. The highest BCUT2D eigenvalue weighted by atomic mass is 16.2. The molecule has 2 amide bonds. The number of nitrogens with one attached hydrogen (secondary N) is 2. The Labute approximate surface area is 136 Å². The van der Waals surface area contributed by atoms with Gasteiger partial charge in [0.05, 0.1) is 12.5 Å². The van der Waals surface area contributed by atoms with Crippen LogP contribution >= 0.6 is 0 Å². The molecule has 0 spiro atoms. The van der Waals surface area contributed by atoms with Gasteiger partial charge in [0.25, 0.3) is 0 Å². The normalized spacial score (nSPS) is 11.6. The Morgan fingerprint density at radius 3 is 2.17 bits per heavy atom. The molecule has 0 fully saturated rings. The van der Waals surface area contributed by atoms with E-state index in [1.807, 2.05) is 50.2 Å². The Morgan fingerprint density at radius 1 is 1.00 bits per heavy atom. The van der Waals surface area contributed by atoms with Crippen LogP contribution in [0.25, 0.3) is 0 Å². The van der Waals surface area contributed by atoms with E-state index >= 15 is 0 Å². The van der Waals surface area contributed by atoms with Crippen LogP contribution in [0.15, 0.2) is 48.5 Å². The van der Waals surface area contributed by atoms with Gasteiger partial charge in [-0.3, -0.25) is 9.59 Å². The maximum Gasteiger partial charge on any atom is 0.224 e. The number of aryl methyl sites for hydroxylation is 1. The van der Waals surface area contributed by atoms with Crippen molar-refractivity contribution in [1.29, 1.82) is 0 Å². The quantitative estimate of drug-likeness (QED) is 0.889. The first-order chi connectivity index (χ1) is 10.9. The minimum atomic E-state index is -0.109. The number of benzene rings is 2. The lowest BCUT2D eigenvalue weighted by Gasteiger charge is -2.15. The van der Waals surface area contributed by atoms with Crippen molar-refractivity contribution in [2.75, 3.05) is 5.32 Å². The van der Waals surface area contributed by atoms with E-state index in [1.54, 1.807) is 12.1 Å². The summed E-state index contributed by atoms with van der Waals surface area (Å²) in [4.78, 5) is 23.1. The van der Waals surface area contributed by atoms with Crippen LogP contribution in [0.5, 0.6) is 0 Å². The molecule has 0 heterocycles. The fraction of sp³-hybridized carbons (Fsp3) is 0.263. The number of hydrogen-bond donors (Lipinski definition) is 2. The van der Waals surface area contributed by atoms with E-state index in [2.05, 4.69) is 10.6 Å². The predicted octanol–water partition coefficient (Wildman–Crippen LogP) is 3.37. The zero-order valence-corrected chi connectivity index (χ0v) is 13.7. The lowest BCUT2D eigenvalue weighted by atomic mass is 10.1. The molecule has 0 aromatic heterocycles. The third-order valence-electron chi connectivity index (χ3n) is 3.59. The van der Waals surface area contributed by atoms with Crippen LogP contribution < -0.4 is 10.6 Å². The van der Waals surface area contributed by atoms with Crippen LogP contribution in [-0.4, -0.2) is 11.8 Å². The summed E-state index contributed by atoms with van der Waals surface area (Å²) in [5.41, 5.74) is 3.93. The topological polar surface area (TPSA) is 58.2 Å². The molecule has 0 saturated carbocycles. The highest BCUT2D eigenvalue weighted by Gasteiger charge is 2.10. The van der Waals surface area contributed by atoms with E-state index in [9.17, 15) is 9.59 Å². The van der Waals surface area contributed by atoms with Gasteiger partial charge < -0.3 is 10.6 Å². The molecule has 4 heteroatoms. The number of carbonyl (C=O) groups excluding carboxylic acids is 2. The van der Waals surface area contributed by atoms with Crippen molar-refractivity contribution in [2.45, 2.75) is 33.2 Å². The minimum Gasteiger partial charge on any atom is -0.349 e. The van der Waals surface area contributed by atoms with Gasteiger partial charge in [-0.25, -0.2) is 0 Å². The van der Waals surface area contributed by atoms with Gasteiger partial charge in [0.15, 0.2) is 0 Å². The van der Waals surface area contributed by atoms with E-state index in [0.29, 0.717) is 6.42 Å². The van der Waals surface area contributed by atoms with E-state index in [1.165, 1.54) is 12.5 Å². The van der Waals surface area contributed by atoms with Gasteiger partial charge in [0.2, 0.25) is 11.8 Å². The van der Waals surface area contributed by atoms with Crippen molar-refractivity contribution in [1.82, 2.24) is 5.32 Å². The Hall–Kier alpha value is -2.62. The molecule has 120 valence electrons. The first kappa shape index (κ1) is 16.7. The smallest absolute Gasteiger partial charge is 0.224 e. The predicted molar refractivity (Wildman–Crippen MR) is 92.2 cm³/mol. The molecule has 2 aromatic rings. The molecular weight excluding hydrogens is 288 g/mol. The van der Waals surface area contributed by atoms with Crippen LogP contribution in [-0.2, 0) is 16.0 Å². The monoisotopic (exact) mass is 310 g/mol. The summed E-state index contributed by atoms with van der Waals surface area (Å²) in [6.07, 6.45) is 0.316. The van der Waals surface area contributed by atoms with Crippen molar-refractivity contribution in [3.05, 3.63) is 65.2 Å². The molecule has 0 aliphatic carbocycles. The molecule has 0 bridgehead atoms. The van der Waals surface area contributed by atoms with Crippen LogP contribution in [0, 0.1) is 6.92 Å². The average Bonchev–Trinajstić information content (AvgIpc) is 2.49. The second-order valence-electron chi connectivity index (χ2n) is 5.75. The van der Waals surface area contributed by atoms with Crippen molar-refractivity contribution in [3.63, 3.8) is 0 Å². The molecule has 0 aliphatic heterocycles. The van der Waals surface area contributed by atoms with Crippen LogP contribution in [0.2, 0.25) is 0 Å². The van der Waals surface area contributed by atoms with Gasteiger partial charge in [-0.05, 0) is 37.1 Å². The summed E-state index contributed by atoms with van der Waals surface area (Å²) < 4.78 is 0. The third kappa shape index (κ3) is 5.25. The second-order valence-corrected chi connectivity index (χ2v) is 5.75. The Morgan fingerprint density at radius 2 is 1.61 bits per heavy atom. The molecule has 4 nitrogen and oxygen atoms in total. The van der Waals surface area contributed by atoms with Crippen molar-refractivity contribution >= 4 is 17.5 Å². The van der Waals surface area contributed by atoms with Crippen LogP contribution in [0.4, 0.5) is 5.69 Å². The maximum atomic E-state index is 12.1. The molecule has 2 N–H and O–H groups in total. The lowest BCUT2D eigenvalue weighted by molar-refractivity contribution is -0.121. The highest BCUT2D eigenvalue weighted by molar-refractivity contribution is 5.88. The summed E-state index contributed by atoms with van der Waals surface area (Å²) in [5, 5.41) is 5.71. The van der Waals surface area contributed by atoms with Crippen LogP contribution in [0.1, 0.15) is 36.6 Å². The fourth-order valence-electron chi connectivity index (χ4n) is 2.33. The van der Waals surface area contributed by atoms with Gasteiger partial charge in [-0.1, -0.05) is 42.0 Å². The van der Waals surface area contributed by atoms with Crippen molar-refractivity contribution < 1.29 is 9.59 Å². The van der Waals surface area contributed by atoms with Crippen molar-refractivity contribution in [3.8, 4) is 0 Å². The average molecular weight is 310 g/mol. The van der Waals surface area contributed by atoms with E-state index < -0.39 is 0 Å². The number of rotatable bonds is 5. The Balaban J connectivity index is 1.91. The first-order valence-corrected chi connectivity index (χ1v) is 7.66. The standard InChI is InChI=1S/C19H22N2O2/c1-13-4-8-17(9-5-13)14(2)20-19(23)12-16-6-10-18(11-7-16)21-15(3)22/h4-11,14H,12H2,1-3H3,(H,20,23)(H,21,22). The molecule has 2 aromatic carbocycles. The largest absolute Gasteiger partial charge is 0.349 e. The number of amides is 2. The number of anilines is 1. The number of carbonyl (C=O) groups is 2. The lowest BCUT2D eigenvalue weighted by Crippen LogP contribution is -2.28. The second kappa shape index (κ2) is 7.58. The van der Waals surface area contributed by atoms with Gasteiger partial charge in [0.1, 0.15) is 0 Å². The van der Waals surface area contributed by atoms with Crippen molar-refractivity contribution in [2.24, 2.45) is 0 Å². The summed E-state index contributed by atoms with van der Waals surface area (Å²) in [5.74, 6) is -0.132. The van der Waals surface area contributed by atoms with E-state index in [0.717, 1.165) is 16.8 Å². The molecule has 1 atom stereocenters. The summed E-state index contributed by atoms with van der Waals surface area (Å²) in [6.45, 7) is 5.48. The van der Waals surface area contributed by atoms with Crippen LogP contribution in [0.3, 0.4) is 0 Å². The molecule has 2 rings (SSSR count). The summed E-state index contributed by atoms with van der Waals surface area (Å²) in [7, 11) is 0. The molecular formula is C19H22N2O2. The number of hydrogen-bond acceptors (Lipinski definition) is 2. The molecule has 0 saturated heterocycles. The van der Waals surface area contributed by atoms with Gasteiger partial charge in [0, 0.05) is 12.6 Å². The molecule has 0 aliphatic rings. The maximum absolute atomic E-state index is 12.1. The minimum absolute atomic E-state index is 0.0228. The fourth-order valence-corrected chi connectivity index (χ4v) is 2.33. The Kier molecular flexibility index (Phi) is 5.52. The van der Waals surface area contributed by atoms with E-state index in [-0.39, 0.29) is 17.9 Å². The zero-order chi connectivity index (χ0) is 16.8. The summed E-state index contributed by atoms with van der Waals surface area (Å²) >= 11 is 0. The van der Waals surface area contributed by atoms with Gasteiger partial charge in [-0.15, -0.1) is 0 Å². The summed E-state index contributed by atoms with van der Waals surface area (Å²) in [6, 6.07) is 15.4. The molecule has 23 heavy (non-hydrogen) atoms. The Bertz CT molecular complexity index is 676. The third-order valence-corrected chi connectivity index (χ3v) is 3.59. The SMILES string of the molecule is CC(=O)Nc1ccc(CC(=O)NC(C)c2ccc(C)cc2)cc1. The van der Waals surface area contributed by atoms with Gasteiger partial charge in [-0.2, -0.15) is 0 Å². The van der Waals surface area contributed by atoms with E-state index in [4.69, 9.17) is 0 Å². The molecule has 1 unspecified atom stereocenters. The highest BCUT2D eigenvalue weighted by Crippen LogP contribution is 2.14. The first-order valence-electron chi connectivity index (χ1n) is 7.66.